The van der Waals surface area contributed by atoms with E-state index in [2.05, 4.69) is 27.9 Å². The van der Waals surface area contributed by atoms with E-state index in [1.165, 1.54) is 0 Å². The molecule has 0 bridgehead atoms. The van der Waals surface area contributed by atoms with Crippen molar-refractivity contribution in [2.75, 3.05) is 32.1 Å². The monoisotopic (exact) mass is 335 g/mol. The van der Waals surface area contributed by atoms with E-state index in [9.17, 15) is 10.1 Å². The molecule has 0 aliphatic rings. The normalized spacial score (nSPS) is 10.2. The summed E-state index contributed by atoms with van der Waals surface area (Å²) >= 11 is 2.07. The SMILES string of the molecule is CNCCN(C)c1ccc(I)cc1[N+](=O)[O-]. The summed E-state index contributed by atoms with van der Waals surface area (Å²) in [6, 6.07) is 5.25. The zero-order chi connectivity index (χ0) is 12.1. The van der Waals surface area contributed by atoms with E-state index < -0.39 is 0 Å². The third kappa shape index (κ3) is 3.31. The van der Waals surface area contributed by atoms with Crippen molar-refractivity contribution in [3.8, 4) is 0 Å². The lowest BCUT2D eigenvalue weighted by atomic mass is 10.2. The van der Waals surface area contributed by atoms with Crippen molar-refractivity contribution in [3.63, 3.8) is 0 Å². The van der Waals surface area contributed by atoms with Gasteiger partial charge in [-0.1, -0.05) is 0 Å². The Hall–Kier alpha value is -0.890. The maximum absolute atomic E-state index is 10.9. The number of rotatable bonds is 5. The van der Waals surface area contributed by atoms with Gasteiger partial charge in [-0.15, -0.1) is 0 Å². The molecule has 1 aromatic carbocycles. The summed E-state index contributed by atoms with van der Waals surface area (Å²) in [4.78, 5) is 12.5. The maximum Gasteiger partial charge on any atom is 0.293 e. The summed E-state index contributed by atoms with van der Waals surface area (Å²) in [7, 11) is 3.71. The minimum Gasteiger partial charge on any atom is -0.368 e. The molecule has 0 fully saturated rings. The van der Waals surface area contributed by atoms with E-state index in [-0.39, 0.29) is 10.6 Å². The number of hydrogen-bond donors (Lipinski definition) is 1. The zero-order valence-electron chi connectivity index (χ0n) is 9.24. The Balaban J connectivity index is 2.98. The summed E-state index contributed by atoms with van der Waals surface area (Å²) in [6.45, 7) is 1.53. The molecule has 0 heterocycles. The van der Waals surface area contributed by atoms with E-state index >= 15 is 0 Å². The van der Waals surface area contributed by atoms with Crippen LogP contribution < -0.4 is 10.2 Å². The summed E-state index contributed by atoms with van der Waals surface area (Å²) < 4.78 is 0.870. The molecule has 0 aliphatic heterocycles. The van der Waals surface area contributed by atoms with Crippen molar-refractivity contribution < 1.29 is 4.92 Å². The Morgan fingerprint density at radius 2 is 2.25 bits per heavy atom. The van der Waals surface area contributed by atoms with Crippen LogP contribution in [0.3, 0.4) is 0 Å². The average molecular weight is 335 g/mol. The van der Waals surface area contributed by atoms with Gasteiger partial charge in [-0.25, -0.2) is 0 Å². The molecular weight excluding hydrogens is 321 g/mol. The number of likely N-dealkylation sites (N-methyl/N-ethyl adjacent to an activating group) is 2. The topological polar surface area (TPSA) is 58.4 Å². The Labute approximate surface area is 108 Å². The average Bonchev–Trinajstić information content (AvgIpc) is 2.25. The number of hydrogen-bond acceptors (Lipinski definition) is 4. The van der Waals surface area contributed by atoms with Gasteiger partial charge >= 0.3 is 0 Å². The van der Waals surface area contributed by atoms with E-state index in [1.54, 1.807) is 12.1 Å². The number of anilines is 1. The third-order valence-corrected chi connectivity index (χ3v) is 2.91. The number of nitrogens with zero attached hydrogens (tertiary/aromatic N) is 2. The molecule has 88 valence electrons. The minimum absolute atomic E-state index is 0.158. The predicted molar refractivity (Wildman–Crippen MR) is 73.0 cm³/mol. The second kappa shape index (κ2) is 6.00. The van der Waals surface area contributed by atoms with Gasteiger partial charge in [-0.2, -0.15) is 0 Å². The van der Waals surface area contributed by atoms with Crippen molar-refractivity contribution in [2.45, 2.75) is 0 Å². The Morgan fingerprint density at radius 3 is 2.81 bits per heavy atom. The molecule has 16 heavy (non-hydrogen) atoms. The molecule has 1 aromatic rings. The standard InChI is InChI=1S/C10H14IN3O2/c1-12-5-6-13(2)9-4-3-8(11)7-10(9)14(15)16/h3-4,7,12H,5-6H2,1-2H3. The zero-order valence-corrected chi connectivity index (χ0v) is 11.4. The van der Waals surface area contributed by atoms with Crippen molar-refractivity contribution in [2.24, 2.45) is 0 Å². The first-order valence-electron chi connectivity index (χ1n) is 4.86. The molecule has 0 unspecified atom stereocenters. The lowest BCUT2D eigenvalue weighted by Crippen LogP contribution is -2.27. The van der Waals surface area contributed by atoms with Gasteiger partial charge in [-0.3, -0.25) is 10.1 Å². The lowest BCUT2D eigenvalue weighted by Gasteiger charge is -2.18. The largest absolute Gasteiger partial charge is 0.368 e. The van der Waals surface area contributed by atoms with Crippen LogP contribution in [0.5, 0.6) is 0 Å². The van der Waals surface area contributed by atoms with Crippen LogP contribution in [0.4, 0.5) is 11.4 Å². The predicted octanol–water partition coefficient (Wildman–Crippen LogP) is 1.85. The molecule has 0 saturated heterocycles. The molecule has 0 aliphatic carbocycles. The number of halogens is 1. The second-order valence-electron chi connectivity index (χ2n) is 3.42. The van der Waals surface area contributed by atoms with Gasteiger partial charge in [0.05, 0.1) is 4.92 Å². The Morgan fingerprint density at radius 1 is 1.56 bits per heavy atom. The molecule has 0 atom stereocenters. The van der Waals surface area contributed by atoms with Crippen LogP contribution in [0.1, 0.15) is 0 Å². The van der Waals surface area contributed by atoms with Gasteiger partial charge in [0.1, 0.15) is 5.69 Å². The second-order valence-corrected chi connectivity index (χ2v) is 4.66. The number of nitro groups is 1. The highest BCUT2D eigenvalue weighted by Gasteiger charge is 2.16. The summed E-state index contributed by atoms with van der Waals surface area (Å²) in [6.07, 6.45) is 0. The molecule has 0 radical (unpaired) electrons. The van der Waals surface area contributed by atoms with Crippen molar-refractivity contribution >= 4 is 34.0 Å². The fourth-order valence-electron chi connectivity index (χ4n) is 1.37. The quantitative estimate of drug-likeness (QED) is 0.507. The molecule has 0 saturated carbocycles. The highest BCUT2D eigenvalue weighted by molar-refractivity contribution is 14.1. The first-order valence-corrected chi connectivity index (χ1v) is 5.94. The first kappa shape index (κ1) is 13.2. The summed E-state index contributed by atoms with van der Waals surface area (Å²) in [5, 5.41) is 13.9. The fourth-order valence-corrected chi connectivity index (χ4v) is 1.84. The van der Waals surface area contributed by atoms with Crippen molar-refractivity contribution in [1.82, 2.24) is 5.32 Å². The van der Waals surface area contributed by atoms with Crippen molar-refractivity contribution in [1.29, 1.82) is 0 Å². The molecule has 0 aromatic heterocycles. The van der Waals surface area contributed by atoms with E-state index in [4.69, 9.17) is 0 Å². The molecule has 1 N–H and O–H groups in total. The van der Waals surface area contributed by atoms with Gasteiger partial charge in [0, 0.05) is 29.8 Å². The van der Waals surface area contributed by atoms with Gasteiger partial charge < -0.3 is 10.2 Å². The van der Waals surface area contributed by atoms with Crippen LogP contribution >= 0.6 is 22.6 Å². The smallest absolute Gasteiger partial charge is 0.293 e. The van der Waals surface area contributed by atoms with Crippen molar-refractivity contribution in [3.05, 3.63) is 31.9 Å². The van der Waals surface area contributed by atoms with Gasteiger partial charge in [0.15, 0.2) is 0 Å². The Bertz CT molecular complexity index is 384. The number of benzene rings is 1. The van der Waals surface area contributed by atoms with Crippen LogP contribution in [0.25, 0.3) is 0 Å². The molecular formula is C10H14IN3O2. The van der Waals surface area contributed by atoms with Gasteiger partial charge in [0.25, 0.3) is 5.69 Å². The third-order valence-electron chi connectivity index (χ3n) is 2.24. The summed E-state index contributed by atoms with van der Waals surface area (Å²) in [5.41, 5.74) is 0.811. The molecule has 0 spiro atoms. The molecule has 1 rings (SSSR count). The molecule has 0 amide bonds. The van der Waals surface area contributed by atoms with E-state index in [0.29, 0.717) is 5.69 Å². The fraction of sp³-hybridized carbons (Fsp3) is 0.400. The van der Waals surface area contributed by atoms with E-state index in [0.717, 1.165) is 16.7 Å². The van der Waals surface area contributed by atoms with Crippen LogP contribution in [-0.2, 0) is 0 Å². The van der Waals surface area contributed by atoms with Crippen LogP contribution in [-0.4, -0.2) is 32.1 Å². The summed E-state index contributed by atoms with van der Waals surface area (Å²) in [5.74, 6) is 0. The molecule has 6 heteroatoms. The Kier molecular flexibility index (Phi) is 4.94. The van der Waals surface area contributed by atoms with Gasteiger partial charge in [-0.05, 0) is 41.8 Å². The number of nitrogens with one attached hydrogen (secondary N) is 1. The highest BCUT2D eigenvalue weighted by atomic mass is 127. The van der Waals surface area contributed by atoms with Gasteiger partial charge in [0.2, 0.25) is 0 Å². The number of nitro benzene ring substituents is 1. The lowest BCUT2D eigenvalue weighted by molar-refractivity contribution is -0.384. The van der Waals surface area contributed by atoms with Crippen LogP contribution in [0.15, 0.2) is 18.2 Å². The molecule has 5 nitrogen and oxygen atoms in total. The first-order chi connectivity index (χ1) is 7.56. The van der Waals surface area contributed by atoms with Crippen LogP contribution in [0, 0.1) is 13.7 Å². The maximum atomic E-state index is 10.9. The van der Waals surface area contributed by atoms with Crippen LogP contribution in [0.2, 0.25) is 0 Å². The highest BCUT2D eigenvalue weighted by Crippen LogP contribution is 2.28. The minimum atomic E-state index is -0.340. The van der Waals surface area contributed by atoms with E-state index in [1.807, 2.05) is 25.1 Å².